The van der Waals surface area contributed by atoms with Crippen molar-refractivity contribution < 1.29 is 8.42 Å². The van der Waals surface area contributed by atoms with E-state index in [1.54, 1.807) is 6.07 Å². The summed E-state index contributed by atoms with van der Waals surface area (Å²) in [4.78, 5) is 0.106. The number of nitrogens with two attached hydrogens (primary N) is 1. The summed E-state index contributed by atoms with van der Waals surface area (Å²) in [5, 5.41) is 8.93. The predicted molar refractivity (Wildman–Crippen MR) is 86.1 cm³/mol. The third-order valence-electron chi connectivity index (χ3n) is 3.34. The molecular weight excluding hydrogens is 354 g/mol. The van der Waals surface area contributed by atoms with E-state index in [4.69, 9.17) is 11.0 Å². The topological polar surface area (TPSA) is 87.2 Å². The highest BCUT2D eigenvalue weighted by Crippen LogP contribution is 2.22. The Balaban J connectivity index is 2.95. The second kappa shape index (κ2) is 7.36. The summed E-state index contributed by atoms with van der Waals surface area (Å²) in [5.41, 5.74) is 6.25. The molecule has 1 atom stereocenters. The van der Waals surface area contributed by atoms with Gasteiger partial charge in [0.25, 0.3) is 0 Å². The summed E-state index contributed by atoms with van der Waals surface area (Å²) >= 11 is 3.22. The number of nitrogens with zero attached hydrogens (tertiary/aromatic N) is 2. The van der Waals surface area contributed by atoms with Crippen LogP contribution in [0.4, 0.5) is 0 Å². The minimum Gasteiger partial charge on any atom is -0.327 e. The highest BCUT2D eigenvalue weighted by molar-refractivity contribution is 9.10. The van der Waals surface area contributed by atoms with Crippen LogP contribution in [0.5, 0.6) is 0 Å². The molecule has 0 aliphatic heterocycles. The molecule has 0 saturated carbocycles. The van der Waals surface area contributed by atoms with E-state index < -0.39 is 10.0 Å². The smallest absolute Gasteiger partial charge is 0.242 e. The van der Waals surface area contributed by atoms with Crippen molar-refractivity contribution >= 4 is 26.0 Å². The first-order valence-corrected chi connectivity index (χ1v) is 8.84. The molecule has 0 aromatic heterocycles. The monoisotopic (exact) mass is 373 g/mol. The fourth-order valence-corrected chi connectivity index (χ4v) is 3.64. The van der Waals surface area contributed by atoms with Gasteiger partial charge >= 0.3 is 0 Å². The normalized spacial score (nSPS) is 13.4. The largest absolute Gasteiger partial charge is 0.327 e. The number of benzene rings is 1. The van der Waals surface area contributed by atoms with Crippen molar-refractivity contribution in [1.29, 1.82) is 5.26 Å². The first kappa shape index (κ1) is 18.1. The molecule has 2 N–H and O–H groups in total. The van der Waals surface area contributed by atoms with Gasteiger partial charge in [0.1, 0.15) is 0 Å². The minimum atomic E-state index is -3.62. The zero-order valence-electron chi connectivity index (χ0n) is 12.4. The van der Waals surface area contributed by atoms with Crippen molar-refractivity contribution in [3.8, 4) is 6.07 Å². The summed E-state index contributed by atoms with van der Waals surface area (Å²) in [5.74, 6) is 0.303. The predicted octanol–water partition coefficient (Wildman–Crippen LogP) is 2.31. The summed E-state index contributed by atoms with van der Waals surface area (Å²) in [7, 11) is -2.10. The lowest BCUT2D eigenvalue weighted by molar-refractivity contribution is 0.397. The number of nitriles is 1. The lowest BCUT2D eigenvalue weighted by Crippen LogP contribution is -2.34. The summed E-state index contributed by atoms with van der Waals surface area (Å²) in [6, 6.07) is 6.36. The van der Waals surface area contributed by atoms with Crippen molar-refractivity contribution in [3.63, 3.8) is 0 Å². The molecule has 0 radical (unpaired) electrons. The minimum absolute atomic E-state index is 0.0418. The Morgan fingerprint density at radius 2 is 2.00 bits per heavy atom. The van der Waals surface area contributed by atoms with Crippen molar-refractivity contribution in [3.05, 3.63) is 28.2 Å². The van der Waals surface area contributed by atoms with Gasteiger partial charge in [-0.05, 0) is 30.5 Å². The summed E-state index contributed by atoms with van der Waals surface area (Å²) in [6.45, 7) is 4.36. The molecule has 1 aromatic carbocycles. The first-order valence-electron chi connectivity index (χ1n) is 6.61. The Kier molecular flexibility index (Phi) is 6.35. The molecule has 0 heterocycles. The van der Waals surface area contributed by atoms with Crippen molar-refractivity contribution in [1.82, 2.24) is 4.31 Å². The average molecular weight is 374 g/mol. The molecule has 1 aromatic rings. The van der Waals surface area contributed by atoms with Gasteiger partial charge in [0.15, 0.2) is 0 Å². The molecule has 0 saturated heterocycles. The fourth-order valence-electron chi connectivity index (χ4n) is 1.74. The van der Waals surface area contributed by atoms with Crippen LogP contribution in [0.25, 0.3) is 0 Å². The second-order valence-electron chi connectivity index (χ2n) is 5.31. The Hall–Kier alpha value is -0.940. The van der Waals surface area contributed by atoms with E-state index in [2.05, 4.69) is 15.9 Å². The Labute approximate surface area is 134 Å². The zero-order chi connectivity index (χ0) is 16.2. The van der Waals surface area contributed by atoms with Gasteiger partial charge in [0, 0.05) is 24.1 Å². The van der Waals surface area contributed by atoms with Gasteiger partial charge in [0.2, 0.25) is 10.0 Å². The van der Waals surface area contributed by atoms with E-state index in [0.717, 1.165) is 0 Å². The van der Waals surface area contributed by atoms with Crippen LogP contribution in [0, 0.1) is 17.2 Å². The van der Waals surface area contributed by atoms with Gasteiger partial charge in [-0.25, -0.2) is 12.7 Å². The number of hydrogen-bond donors (Lipinski definition) is 1. The molecule has 0 spiro atoms. The van der Waals surface area contributed by atoms with Crippen LogP contribution < -0.4 is 5.73 Å². The van der Waals surface area contributed by atoms with Crippen LogP contribution in [-0.2, 0) is 10.0 Å². The van der Waals surface area contributed by atoms with Gasteiger partial charge < -0.3 is 5.73 Å². The van der Waals surface area contributed by atoms with Gasteiger partial charge in [-0.3, -0.25) is 0 Å². The van der Waals surface area contributed by atoms with Crippen LogP contribution in [0.3, 0.4) is 0 Å². The SMILES string of the molecule is CC(C)C(N)CCN(C)S(=O)(=O)c1cc(Br)cc(C#N)c1. The molecule has 116 valence electrons. The molecule has 7 heteroatoms. The molecular formula is C14H20BrN3O2S. The number of hydrogen-bond acceptors (Lipinski definition) is 4. The maximum atomic E-state index is 12.5. The van der Waals surface area contributed by atoms with Crippen LogP contribution in [0.1, 0.15) is 25.8 Å². The summed E-state index contributed by atoms with van der Waals surface area (Å²) in [6.07, 6.45) is 0.590. The molecule has 0 aliphatic rings. The lowest BCUT2D eigenvalue weighted by atomic mass is 10.0. The molecule has 0 bridgehead atoms. The Morgan fingerprint density at radius 3 is 2.52 bits per heavy atom. The molecule has 1 unspecified atom stereocenters. The highest BCUT2D eigenvalue weighted by atomic mass is 79.9. The van der Waals surface area contributed by atoms with Crippen LogP contribution in [0.2, 0.25) is 0 Å². The molecule has 21 heavy (non-hydrogen) atoms. The van der Waals surface area contributed by atoms with Gasteiger partial charge in [-0.15, -0.1) is 0 Å². The van der Waals surface area contributed by atoms with E-state index in [1.165, 1.54) is 23.5 Å². The maximum Gasteiger partial charge on any atom is 0.242 e. The third kappa shape index (κ3) is 4.78. The molecule has 0 aliphatic carbocycles. The van der Waals surface area contributed by atoms with E-state index >= 15 is 0 Å². The van der Waals surface area contributed by atoms with Crippen molar-refractivity contribution in [2.24, 2.45) is 11.7 Å². The molecule has 0 amide bonds. The Bertz CT molecular complexity index is 638. The fraction of sp³-hybridized carbons (Fsp3) is 0.500. The number of halogens is 1. The highest BCUT2D eigenvalue weighted by Gasteiger charge is 2.22. The van der Waals surface area contributed by atoms with E-state index in [0.29, 0.717) is 28.9 Å². The molecule has 1 rings (SSSR count). The number of sulfonamides is 1. The van der Waals surface area contributed by atoms with Gasteiger partial charge in [-0.2, -0.15) is 5.26 Å². The average Bonchev–Trinajstić information content (AvgIpc) is 2.43. The summed E-state index contributed by atoms with van der Waals surface area (Å²) < 4.78 is 26.8. The third-order valence-corrected chi connectivity index (χ3v) is 5.63. The van der Waals surface area contributed by atoms with E-state index in [-0.39, 0.29) is 10.9 Å². The van der Waals surface area contributed by atoms with E-state index in [1.807, 2.05) is 19.9 Å². The quantitative estimate of drug-likeness (QED) is 0.828. The van der Waals surface area contributed by atoms with Gasteiger partial charge in [-0.1, -0.05) is 29.8 Å². The van der Waals surface area contributed by atoms with Gasteiger partial charge in [0.05, 0.1) is 16.5 Å². The van der Waals surface area contributed by atoms with Crippen LogP contribution >= 0.6 is 15.9 Å². The number of rotatable bonds is 6. The standard InChI is InChI=1S/C14H20BrN3O2S/c1-10(2)14(17)4-5-18(3)21(19,20)13-7-11(9-16)6-12(15)8-13/h6-8,10,14H,4-5,17H2,1-3H3. The Morgan fingerprint density at radius 1 is 1.38 bits per heavy atom. The zero-order valence-corrected chi connectivity index (χ0v) is 14.8. The second-order valence-corrected chi connectivity index (χ2v) is 8.27. The molecule has 5 nitrogen and oxygen atoms in total. The van der Waals surface area contributed by atoms with Crippen LogP contribution in [0.15, 0.2) is 27.6 Å². The van der Waals surface area contributed by atoms with Crippen LogP contribution in [-0.4, -0.2) is 32.4 Å². The first-order chi connectivity index (χ1) is 9.68. The molecule has 0 fully saturated rings. The maximum absolute atomic E-state index is 12.5. The van der Waals surface area contributed by atoms with Crippen molar-refractivity contribution in [2.75, 3.05) is 13.6 Å². The van der Waals surface area contributed by atoms with Crippen molar-refractivity contribution in [2.45, 2.75) is 31.2 Å². The lowest BCUT2D eigenvalue weighted by Gasteiger charge is -2.21. The van der Waals surface area contributed by atoms with E-state index in [9.17, 15) is 8.42 Å².